The maximum Gasteiger partial charge on any atom is 0.287 e. The summed E-state index contributed by atoms with van der Waals surface area (Å²) in [6, 6.07) is 3.04. The number of furan rings is 1. The summed E-state index contributed by atoms with van der Waals surface area (Å²) in [5.41, 5.74) is 0.861. The Kier molecular flexibility index (Phi) is 11.0. The van der Waals surface area contributed by atoms with E-state index >= 15 is 0 Å². The first-order valence-corrected chi connectivity index (χ1v) is 11.2. The zero-order chi connectivity index (χ0) is 20.5. The Bertz CT molecular complexity index is 672. The molecule has 0 spiro atoms. The lowest BCUT2D eigenvalue weighted by atomic mass is 9.92. The average Bonchev–Trinajstić information content (AvgIpc) is 3.19. The number of carbonyl (C=O) groups excluding carboxylic acids is 1. The van der Waals surface area contributed by atoms with Gasteiger partial charge in [-0.05, 0) is 51.6 Å². The van der Waals surface area contributed by atoms with Gasteiger partial charge in [0.15, 0.2) is 11.7 Å². The van der Waals surface area contributed by atoms with Crippen molar-refractivity contribution in [2.24, 2.45) is 4.99 Å². The molecule has 30 heavy (non-hydrogen) atoms. The fourth-order valence-corrected chi connectivity index (χ4v) is 4.47. The summed E-state index contributed by atoms with van der Waals surface area (Å²) < 4.78 is 5.21. The van der Waals surface area contributed by atoms with Crippen LogP contribution < -0.4 is 16.0 Å². The number of piperidine rings is 1. The summed E-state index contributed by atoms with van der Waals surface area (Å²) in [6.45, 7) is 5.59. The number of rotatable bonds is 7. The van der Waals surface area contributed by atoms with Crippen molar-refractivity contribution in [1.82, 2.24) is 20.9 Å². The highest BCUT2D eigenvalue weighted by Crippen LogP contribution is 2.25. The molecular weight excluding hydrogens is 493 g/mol. The molecule has 3 rings (SSSR count). The Morgan fingerprint density at radius 3 is 2.63 bits per heavy atom. The highest BCUT2D eigenvalue weighted by atomic mass is 127. The predicted molar refractivity (Wildman–Crippen MR) is 132 cm³/mol. The van der Waals surface area contributed by atoms with Gasteiger partial charge in [-0.15, -0.1) is 24.0 Å². The van der Waals surface area contributed by atoms with Gasteiger partial charge in [0, 0.05) is 44.3 Å². The normalized spacial score (nSPS) is 21.0. The number of carbonyl (C=O) groups is 1. The molecule has 1 aliphatic carbocycles. The van der Waals surface area contributed by atoms with Crippen LogP contribution in [0, 0.1) is 6.92 Å². The summed E-state index contributed by atoms with van der Waals surface area (Å²) in [4.78, 5) is 19.1. The van der Waals surface area contributed by atoms with E-state index in [-0.39, 0.29) is 29.9 Å². The second-order valence-corrected chi connectivity index (χ2v) is 8.31. The molecule has 2 fully saturated rings. The Labute approximate surface area is 197 Å². The molecule has 1 saturated carbocycles. The van der Waals surface area contributed by atoms with Gasteiger partial charge in [-0.2, -0.15) is 0 Å². The molecule has 0 aromatic carbocycles. The van der Waals surface area contributed by atoms with E-state index in [1.54, 1.807) is 12.3 Å². The van der Waals surface area contributed by atoms with E-state index in [1.807, 2.05) is 14.0 Å². The fourth-order valence-electron chi connectivity index (χ4n) is 4.47. The lowest BCUT2D eigenvalue weighted by Crippen LogP contribution is -2.53. The highest BCUT2D eigenvalue weighted by molar-refractivity contribution is 14.0. The lowest BCUT2D eigenvalue weighted by Gasteiger charge is -2.40. The average molecular weight is 531 g/mol. The molecule has 1 saturated heterocycles. The molecule has 1 unspecified atom stereocenters. The van der Waals surface area contributed by atoms with E-state index in [9.17, 15) is 4.79 Å². The third-order valence-electron chi connectivity index (χ3n) is 6.11. The smallest absolute Gasteiger partial charge is 0.287 e. The molecule has 8 heteroatoms. The molecule has 1 aromatic rings. The van der Waals surface area contributed by atoms with Gasteiger partial charge in [0.2, 0.25) is 0 Å². The van der Waals surface area contributed by atoms with E-state index in [1.165, 1.54) is 51.5 Å². The third kappa shape index (κ3) is 7.44. The minimum Gasteiger partial charge on any atom is -0.459 e. The van der Waals surface area contributed by atoms with Gasteiger partial charge in [-0.1, -0.05) is 19.3 Å². The van der Waals surface area contributed by atoms with Crippen molar-refractivity contribution >= 4 is 35.8 Å². The van der Waals surface area contributed by atoms with Crippen LogP contribution in [0.2, 0.25) is 0 Å². The van der Waals surface area contributed by atoms with E-state index in [0.29, 0.717) is 18.3 Å². The molecule has 1 aliphatic heterocycles. The summed E-state index contributed by atoms with van der Waals surface area (Å²) in [7, 11) is 1.82. The summed E-state index contributed by atoms with van der Waals surface area (Å²) in [5, 5.41) is 9.88. The van der Waals surface area contributed by atoms with Gasteiger partial charge in [0.25, 0.3) is 5.91 Å². The molecular formula is C22H38IN5O2. The number of aryl methyl sites for hydroxylation is 1. The molecule has 3 N–H and O–H groups in total. The number of halogens is 1. The zero-order valence-electron chi connectivity index (χ0n) is 18.4. The molecule has 0 bridgehead atoms. The topological polar surface area (TPSA) is 81.9 Å². The van der Waals surface area contributed by atoms with Gasteiger partial charge in [-0.25, -0.2) is 0 Å². The van der Waals surface area contributed by atoms with E-state index in [0.717, 1.165) is 37.1 Å². The first-order chi connectivity index (χ1) is 14.2. The van der Waals surface area contributed by atoms with E-state index < -0.39 is 0 Å². The monoisotopic (exact) mass is 531 g/mol. The molecule has 2 heterocycles. The van der Waals surface area contributed by atoms with Crippen molar-refractivity contribution in [1.29, 1.82) is 0 Å². The quantitative estimate of drug-likeness (QED) is 0.218. The number of nitrogens with one attached hydrogen (secondary N) is 3. The van der Waals surface area contributed by atoms with Crippen LogP contribution in [-0.2, 0) is 0 Å². The zero-order valence-corrected chi connectivity index (χ0v) is 20.7. The van der Waals surface area contributed by atoms with Crippen LogP contribution in [0.4, 0.5) is 0 Å². The Morgan fingerprint density at radius 2 is 1.93 bits per heavy atom. The van der Waals surface area contributed by atoms with Gasteiger partial charge in [0.1, 0.15) is 0 Å². The van der Waals surface area contributed by atoms with Crippen LogP contribution >= 0.6 is 24.0 Å². The summed E-state index contributed by atoms with van der Waals surface area (Å²) >= 11 is 0. The Morgan fingerprint density at radius 1 is 1.17 bits per heavy atom. The first-order valence-electron chi connectivity index (χ1n) is 11.2. The number of aliphatic imine (C=N–C) groups is 1. The second-order valence-electron chi connectivity index (χ2n) is 8.31. The van der Waals surface area contributed by atoms with Gasteiger partial charge in [0.05, 0.1) is 6.26 Å². The van der Waals surface area contributed by atoms with Crippen molar-refractivity contribution in [3.05, 3.63) is 23.7 Å². The number of hydrogen-bond donors (Lipinski definition) is 3. The minimum absolute atomic E-state index is 0. The predicted octanol–water partition coefficient (Wildman–Crippen LogP) is 3.29. The minimum atomic E-state index is -0.153. The molecule has 1 amide bonds. The number of guanidine groups is 1. The molecule has 170 valence electrons. The van der Waals surface area contributed by atoms with Crippen LogP contribution in [0.1, 0.15) is 67.5 Å². The Balaban J connectivity index is 0.00000320. The van der Waals surface area contributed by atoms with Crippen molar-refractivity contribution in [2.75, 3.05) is 33.2 Å². The number of nitrogens with zero attached hydrogens (tertiary/aromatic N) is 2. The molecule has 7 nitrogen and oxygen atoms in total. The van der Waals surface area contributed by atoms with Gasteiger partial charge in [-0.3, -0.25) is 14.7 Å². The van der Waals surface area contributed by atoms with Crippen LogP contribution in [0.3, 0.4) is 0 Å². The molecule has 0 radical (unpaired) electrons. The third-order valence-corrected chi connectivity index (χ3v) is 6.11. The van der Waals surface area contributed by atoms with Gasteiger partial charge < -0.3 is 20.4 Å². The summed E-state index contributed by atoms with van der Waals surface area (Å²) in [5.74, 6) is 1.10. The van der Waals surface area contributed by atoms with Crippen molar-refractivity contribution < 1.29 is 9.21 Å². The Hall–Kier alpha value is -1.29. The second kappa shape index (κ2) is 13.2. The van der Waals surface area contributed by atoms with Crippen LogP contribution in [0.25, 0.3) is 0 Å². The SMILES string of the molecule is CN=C(NCCCNC(=O)c1occc1C)NC1CCCN(C2CCCCC2)C1.I. The number of likely N-dealkylation sites (tertiary alicyclic amines) is 1. The first kappa shape index (κ1) is 25.0. The molecule has 1 aromatic heterocycles. The van der Waals surface area contributed by atoms with Crippen molar-refractivity contribution in [3.8, 4) is 0 Å². The maximum atomic E-state index is 12.0. The standard InChI is InChI=1S/C22H37N5O2.HI/c1-17-11-15-29-20(17)21(28)24-12-7-13-25-22(23-2)26-18-8-6-14-27(16-18)19-9-4-3-5-10-19;/h11,15,18-19H,3-10,12-14,16H2,1-2H3,(H,24,28)(H2,23,25,26);1H. The largest absolute Gasteiger partial charge is 0.459 e. The number of amides is 1. The highest BCUT2D eigenvalue weighted by Gasteiger charge is 2.27. The number of hydrogen-bond acceptors (Lipinski definition) is 4. The summed E-state index contributed by atoms with van der Waals surface area (Å²) in [6.07, 6.45) is 11.7. The van der Waals surface area contributed by atoms with Crippen molar-refractivity contribution in [2.45, 2.75) is 70.4 Å². The van der Waals surface area contributed by atoms with Crippen molar-refractivity contribution in [3.63, 3.8) is 0 Å². The fraction of sp³-hybridized carbons (Fsp3) is 0.727. The van der Waals surface area contributed by atoms with Crippen LogP contribution in [0.15, 0.2) is 21.7 Å². The maximum absolute atomic E-state index is 12.0. The molecule has 2 aliphatic rings. The lowest BCUT2D eigenvalue weighted by molar-refractivity contribution is 0.0925. The van der Waals surface area contributed by atoms with Gasteiger partial charge >= 0.3 is 0 Å². The van der Waals surface area contributed by atoms with E-state index in [2.05, 4.69) is 25.8 Å². The van der Waals surface area contributed by atoms with Crippen LogP contribution in [0.5, 0.6) is 0 Å². The van der Waals surface area contributed by atoms with E-state index in [4.69, 9.17) is 4.42 Å². The van der Waals surface area contributed by atoms with Crippen LogP contribution in [-0.4, -0.2) is 62.1 Å². The molecule has 1 atom stereocenters.